The maximum absolute atomic E-state index is 10.6. The van der Waals surface area contributed by atoms with Gasteiger partial charge in [0.2, 0.25) is 6.04 Å². The third-order valence-corrected chi connectivity index (χ3v) is 3.41. The second-order valence-electron chi connectivity index (χ2n) is 3.42. The van der Waals surface area contributed by atoms with Crippen LogP contribution < -0.4 is 0 Å². The predicted molar refractivity (Wildman–Crippen MR) is 50.8 cm³/mol. The molecule has 0 fully saturated rings. The highest BCUT2D eigenvalue weighted by Crippen LogP contribution is 2.33. The van der Waals surface area contributed by atoms with E-state index < -0.39 is 6.04 Å². The van der Waals surface area contributed by atoms with E-state index in [9.17, 15) is 10.1 Å². The molecule has 0 amide bonds. The minimum Gasteiger partial charge on any atom is -0.264 e. The second-order valence-corrected chi connectivity index (χ2v) is 4.38. The Morgan fingerprint density at radius 1 is 1.58 bits per heavy atom. The van der Waals surface area contributed by atoms with Crippen molar-refractivity contribution in [2.45, 2.75) is 32.7 Å². The van der Waals surface area contributed by atoms with Gasteiger partial charge in [0, 0.05) is 21.7 Å². The molecule has 3 nitrogen and oxygen atoms in total. The van der Waals surface area contributed by atoms with E-state index in [4.69, 9.17) is 0 Å². The van der Waals surface area contributed by atoms with Crippen molar-refractivity contribution < 1.29 is 4.92 Å². The smallest absolute Gasteiger partial charge is 0.220 e. The highest BCUT2D eigenvalue weighted by molar-refractivity contribution is 9.11. The Hall–Kier alpha value is -0.380. The van der Waals surface area contributed by atoms with Gasteiger partial charge in [0.1, 0.15) is 0 Å². The van der Waals surface area contributed by atoms with E-state index in [1.807, 2.05) is 13.8 Å². The number of hydrogen-bond donors (Lipinski definition) is 0. The summed E-state index contributed by atoms with van der Waals surface area (Å²) in [6, 6.07) is -0.400. The Kier molecular flexibility index (Phi) is 2.88. The van der Waals surface area contributed by atoms with E-state index in [1.165, 1.54) is 5.57 Å². The number of halogens is 1. The Bertz CT molecular complexity index is 237. The molecule has 0 N–H and O–H groups in total. The molecule has 68 valence electrons. The number of allylic oxidation sites excluding steroid dienone is 1. The van der Waals surface area contributed by atoms with Crippen molar-refractivity contribution in [1.29, 1.82) is 0 Å². The second kappa shape index (κ2) is 3.56. The molecule has 0 spiro atoms. The molecule has 1 rings (SSSR count). The molecule has 0 aromatic heterocycles. The van der Waals surface area contributed by atoms with E-state index in [2.05, 4.69) is 15.9 Å². The van der Waals surface area contributed by atoms with Crippen molar-refractivity contribution in [3.8, 4) is 0 Å². The maximum Gasteiger partial charge on any atom is 0.220 e. The molecule has 0 saturated heterocycles. The lowest BCUT2D eigenvalue weighted by molar-refractivity contribution is -0.531. The van der Waals surface area contributed by atoms with Crippen molar-refractivity contribution in [2.75, 3.05) is 0 Å². The van der Waals surface area contributed by atoms with Crippen LogP contribution in [0.25, 0.3) is 0 Å². The molecule has 1 aliphatic carbocycles. The summed E-state index contributed by atoms with van der Waals surface area (Å²) in [6.07, 6.45) is 1.40. The molecule has 0 aromatic rings. The van der Waals surface area contributed by atoms with Gasteiger partial charge in [-0.3, -0.25) is 10.1 Å². The highest BCUT2D eigenvalue weighted by atomic mass is 79.9. The Morgan fingerprint density at radius 2 is 2.17 bits per heavy atom. The van der Waals surface area contributed by atoms with Gasteiger partial charge >= 0.3 is 0 Å². The first-order valence-electron chi connectivity index (χ1n) is 4.00. The molecule has 0 aliphatic heterocycles. The van der Waals surface area contributed by atoms with Gasteiger partial charge in [0.15, 0.2) is 0 Å². The first-order chi connectivity index (χ1) is 5.52. The van der Waals surface area contributed by atoms with Crippen LogP contribution in [0.1, 0.15) is 26.7 Å². The van der Waals surface area contributed by atoms with Gasteiger partial charge in [-0.2, -0.15) is 0 Å². The van der Waals surface area contributed by atoms with Gasteiger partial charge in [-0.25, -0.2) is 0 Å². The van der Waals surface area contributed by atoms with Crippen molar-refractivity contribution in [2.24, 2.45) is 5.92 Å². The van der Waals surface area contributed by atoms with E-state index in [0.29, 0.717) is 6.42 Å². The van der Waals surface area contributed by atoms with E-state index in [0.717, 1.165) is 10.9 Å². The largest absolute Gasteiger partial charge is 0.264 e. The van der Waals surface area contributed by atoms with Gasteiger partial charge < -0.3 is 0 Å². The number of nitro groups is 1. The van der Waals surface area contributed by atoms with Crippen molar-refractivity contribution in [3.63, 3.8) is 0 Å². The fourth-order valence-corrected chi connectivity index (χ4v) is 2.06. The van der Waals surface area contributed by atoms with Crippen LogP contribution in [0, 0.1) is 16.0 Å². The topological polar surface area (TPSA) is 43.1 Å². The molecule has 0 heterocycles. The standard InChI is InChI=1S/C8H12BrNO2/c1-5-3-6(2)8(10(11)12)4-7(5)9/h6,8H,3-4H2,1-2H3/t6?,8-/m0/s1. The average molecular weight is 234 g/mol. The van der Waals surface area contributed by atoms with Crippen molar-refractivity contribution in [3.05, 3.63) is 20.2 Å². The van der Waals surface area contributed by atoms with E-state index >= 15 is 0 Å². The number of rotatable bonds is 1. The third kappa shape index (κ3) is 1.86. The molecular weight excluding hydrogens is 222 g/mol. The Morgan fingerprint density at radius 3 is 2.67 bits per heavy atom. The van der Waals surface area contributed by atoms with Crippen molar-refractivity contribution in [1.82, 2.24) is 0 Å². The van der Waals surface area contributed by atoms with Gasteiger partial charge in [-0.05, 0) is 13.3 Å². The number of hydrogen-bond acceptors (Lipinski definition) is 2. The molecule has 0 bridgehead atoms. The first-order valence-corrected chi connectivity index (χ1v) is 4.79. The summed E-state index contributed by atoms with van der Waals surface area (Å²) in [5, 5.41) is 10.6. The van der Waals surface area contributed by atoms with Crippen LogP contribution in [0.15, 0.2) is 10.1 Å². The van der Waals surface area contributed by atoms with Crippen LogP contribution in [-0.2, 0) is 0 Å². The van der Waals surface area contributed by atoms with Gasteiger partial charge in [0.25, 0.3) is 0 Å². The average Bonchev–Trinajstić information content (AvgIpc) is 1.96. The van der Waals surface area contributed by atoms with Crippen LogP contribution in [0.4, 0.5) is 0 Å². The SMILES string of the molecule is CC1=C(Br)C[C@H]([N+](=O)[O-])C(C)C1. The molecule has 0 aromatic carbocycles. The lowest BCUT2D eigenvalue weighted by Crippen LogP contribution is -2.30. The molecule has 0 radical (unpaired) electrons. The van der Waals surface area contributed by atoms with Gasteiger partial charge in [-0.15, -0.1) is 0 Å². The number of nitrogens with zero attached hydrogens (tertiary/aromatic N) is 1. The predicted octanol–water partition coefficient (Wildman–Crippen LogP) is 2.73. The molecule has 12 heavy (non-hydrogen) atoms. The van der Waals surface area contributed by atoms with Crippen molar-refractivity contribution >= 4 is 15.9 Å². The Labute approximate surface area is 80.1 Å². The monoisotopic (exact) mass is 233 g/mol. The molecule has 2 atom stereocenters. The zero-order chi connectivity index (χ0) is 9.30. The summed E-state index contributed by atoms with van der Waals surface area (Å²) in [7, 11) is 0. The fourth-order valence-electron chi connectivity index (χ4n) is 1.57. The molecule has 1 aliphatic rings. The lowest BCUT2D eigenvalue weighted by atomic mass is 9.87. The van der Waals surface area contributed by atoms with Crippen LogP contribution in [0.3, 0.4) is 0 Å². The van der Waals surface area contributed by atoms with Crippen LogP contribution in [-0.4, -0.2) is 11.0 Å². The summed E-state index contributed by atoms with van der Waals surface area (Å²) in [5.41, 5.74) is 1.25. The summed E-state index contributed by atoms with van der Waals surface area (Å²) in [4.78, 5) is 10.4. The zero-order valence-corrected chi connectivity index (χ0v) is 8.80. The lowest BCUT2D eigenvalue weighted by Gasteiger charge is -2.23. The highest BCUT2D eigenvalue weighted by Gasteiger charge is 2.32. The summed E-state index contributed by atoms with van der Waals surface area (Å²) in [6.45, 7) is 3.97. The normalized spacial score (nSPS) is 30.6. The molecule has 1 unspecified atom stereocenters. The summed E-state index contributed by atoms with van der Waals surface area (Å²) < 4.78 is 1.02. The molecular formula is C8H12BrNO2. The van der Waals surface area contributed by atoms with E-state index in [-0.39, 0.29) is 10.8 Å². The quantitative estimate of drug-likeness (QED) is 0.517. The minimum atomic E-state index is -0.400. The molecule has 4 heteroatoms. The van der Waals surface area contributed by atoms with Crippen LogP contribution in [0.2, 0.25) is 0 Å². The maximum atomic E-state index is 10.6. The van der Waals surface area contributed by atoms with Gasteiger partial charge in [-0.1, -0.05) is 28.4 Å². The summed E-state index contributed by atoms with van der Waals surface area (Å²) in [5.74, 6) is 0.168. The third-order valence-electron chi connectivity index (χ3n) is 2.41. The summed E-state index contributed by atoms with van der Waals surface area (Å²) >= 11 is 3.37. The van der Waals surface area contributed by atoms with E-state index in [1.54, 1.807) is 0 Å². The Balaban J connectivity index is 2.79. The zero-order valence-electron chi connectivity index (χ0n) is 7.21. The first kappa shape index (κ1) is 9.71. The molecule has 0 saturated carbocycles. The van der Waals surface area contributed by atoms with Gasteiger partial charge in [0.05, 0.1) is 0 Å². The van der Waals surface area contributed by atoms with Crippen LogP contribution in [0.5, 0.6) is 0 Å². The minimum absolute atomic E-state index is 0.168. The van der Waals surface area contributed by atoms with Crippen LogP contribution >= 0.6 is 15.9 Å². The fraction of sp³-hybridized carbons (Fsp3) is 0.750.